The van der Waals surface area contributed by atoms with Gasteiger partial charge in [0.25, 0.3) is 0 Å². The average Bonchev–Trinajstić information content (AvgIpc) is 3.55. The molecule has 7 heteroatoms. The summed E-state index contributed by atoms with van der Waals surface area (Å²) in [5.41, 5.74) is -0.927. The Bertz CT molecular complexity index is 1310. The van der Waals surface area contributed by atoms with Crippen LogP contribution < -0.4 is 0 Å². The van der Waals surface area contributed by atoms with Gasteiger partial charge < -0.3 is 18.9 Å². The van der Waals surface area contributed by atoms with Crippen molar-refractivity contribution in [1.29, 1.82) is 0 Å². The van der Waals surface area contributed by atoms with E-state index in [0.29, 0.717) is 36.5 Å². The first kappa shape index (κ1) is 28.0. The Morgan fingerprint density at radius 3 is 2.17 bits per heavy atom. The quantitative estimate of drug-likeness (QED) is 0.320. The molecule has 0 N–H and O–H groups in total. The molecule has 2 aromatic carbocycles. The van der Waals surface area contributed by atoms with Crippen molar-refractivity contribution in [1.82, 2.24) is 0 Å². The Morgan fingerprint density at radius 2 is 1.54 bits per heavy atom. The van der Waals surface area contributed by atoms with Crippen molar-refractivity contribution in [2.75, 3.05) is 13.2 Å². The third-order valence-corrected chi connectivity index (χ3v) is 11.0. The molecule has 0 aromatic heterocycles. The predicted molar refractivity (Wildman–Crippen MR) is 151 cm³/mol. The van der Waals surface area contributed by atoms with Crippen molar-refractivity contribution < 1.29 is 33.3 Å². The van der Waals surface area contributed by atoms with E-state index >= 15 is 0 Å². The SMILES string of the molecule is CC1CCC2C(C)(COC(=O)c3ccccc3)C(OC(=O)c3ccccc3)CCC2(C)C12CCC1(COC(=O)C1)O2. The second-order valence-corrected chi connectivity index (χ2v) is 13.2. The topological polar surface area (TPSA) is 88.1 Å². The van der Waals surface area contributed by atoms with Gasteiger partial charge in [0.15, 0.2) is 0 Å². The Hall–Kier alpha value is -3.19. The first-order valence-electron chi connectivity index (χ1n) is 14.9. The molecule has 7 unspecified atom stereocenters. The number of carbonyl (C=O) groups is 3. The fourth-order valence-electron chi connectivity index (χ4n) is 8.75. The lowest BCUT2D eigenvalue weighted by Gasteiger charge is -2.65. The maximum Gasteiger partial charge on any atom is 0.338 e. The van der Waals surface area contributed by atoms with Gasteiger partial charge in [-0.05, 0) is 74.6 Å². The van der Waals surface area contributed by atoms with Crippen LogP contribution in [0.2, 0.25) is 0 Å². The molecule has 0 radical (unpaired) electrons. The van der Waals surface area contributed by atoms with Gasteiger partial charge in [0.1, 0.15) is 24.9 Å². The maximum absolute atomic E-state index is 13.3. The van der Waals surface area contributed by atoms with Gasteiger partial charge in [0, 0.05) is 10.8 Å². The fourth-order valence-corrected chi connectivity index (χ4v) is 8.75. The number of carbonyl (C=O) groups excluding carboxylic acids is 3. The van der Waals surface area contributed by atoms with E-state index in [4.69, 9.17) is 18.9 Å². The molecule has 7 nitrogen and oxygen atoms in total. The highest BCUT2D eigenvalue weighted by Gasteiger charge is 2.70. The lowest BCUT2D eigenvalue weighted by atomic mass is 9.43. The van der Waals surface area contributed by atoms with E-state index in [-0.39, 0.29) is 35.8 Å². The zero-order chi connectivity index (χ0) is 28.9. The molecule has 218 valence electrons. The summed E-state index contributed by atoms with van der Waals surface area (Å²) in [6.07, 6.45) is 4.79. The molecular formula is C34H40O7. The number of hydrogen-bond donors (Lipinski definition) is 0. The van der Waals surface area contributed by atoms with Crippen molar-refractivity contribution in [3.8, 4) is 0 Å². The first-order valence-corrected chi connectivity index (χ1v) is 14.9. The Kier molecular flexibility index (Phi) is 7.00. The molecular weight excluding hydrogens is 520 g/mol. The lowest BCUT2D eigenvalue weighted by Crippen LogP contribution is -2.67. The van der Waals surface area contributed by atoms with E-state index < -0.39 is 22.7 Å². The molecule has 0 amide bonds. The van der Waals surface area contributed by atoms with Crippen molar-refractivity contribution in [3.05, 3.63) is 71.8 Å². The Morgan fingerprint density at radius 1 is 0.878 bits per heavy atom. The summed E-state index contributed by atoms with van der Waals surface area (Å²) in [5, 5.41) is 0. The number of esters is 3. The molecule has 2 aromatic rings. The Labute approximate surface area is 241 Å². The minimum absolute atomic E-state index is 0.0604. The van der Waals surface area contributed by atoms with Gasteiger partial charge in [0.2, 0.25) is 0 Å². The van der Waals surface area contributed by atoms with E-state index in [1.807, 2.05) is 36.4 Å². The van der Waals surface area contributed by atoms with Crippen LogP contribution in [0.1, 0.15) is 86.4 Å². The normalized spacial score (nSPS) is 37.9. The lowest BCUT2D eigenvalue weighted by molar-refractivity contribution is -0.265. The van der Waals surface area contributed by atoms with E-state index in [2.05, 4.69) is 20.8 Å². The monoisotopic (exact) mass is 560 g/mol. The zero-order valence-electron chi connectivity index (χ0n) is 24.2. The first-order chi connectivity index (χ1) is 19.6. The molecule has 0 bridgehead atoms. The van der Waals surface area contributed by atoms with Gasteiger partial charge >= 0.3 is 17.9 Å². The summed E-state index contributed by atoms with van der Waals surface area (Å²) in [4.78, 5) is 38.6. The molecule has 41 heavy (non-hydrogen) atoms. The number of fused-ring (bicyclic) bond motifs is 2. The summed E-state index contributed by atoms with van der Waals surface area (Å²) >= 11 is 0. The van der Waals surface area contributed by atoms with Crippen LogP contribution in [0.15, 0.2) is 60.7 Å². The summed E-state index contributed by atoms with van der Waals surface area (Å²) in [6, 6.07) is 18.0. The number of hydrogen-bond acceptors (Lipinski definition) is 7. The van der Waals surface area contributed by atoms with Crippen LogP contribution in [0.25, 0.3) is 0 Å². The van der Waals surface area contributed by atoms with Gasteiger partial charge in [-0.2, -0.15) is 0 Å². The van der Waals surface area contributed by atoms with Gasteiger partial charge in [-0.25, -0.2) is 9.59 Å². The standard InChI is InChI=1S/C34H40O7/c1-23-14-15-26-31(2,21-39-29(36)24-10-6-4-7-11-24)27(40-30(37)25-12-8-5-9-13-25)16-17-32(26,3)34(23)19-18-33(41-34)20-28(35)38-22-33/h4-13,23,26-27H,14-22H2,1-3H3. The fraction of sp³-hybridized carbons (Fsp3) is 0.559. The van der Waals surface area contributed by atoms with Crippen LogP contribution in [-0.2, 0) is 23.7 Å². The summed E-state index contributed by atoms with van der Waals surface area (Å²) in [6.45, 7) is 7.14. The van der Waals surface area contributed by atoms with Crippen LogP contribution in [0.5, 0.6) is 0 Å². The van der Waals surface area contributed by atoms with Crippen molar-refractivity contribution >= 4 is 17.9 Å². The van der Waals surface area contributed by atoms with Gasteiger partial charge in [-0.15, -0.1) is 0 Å². The van der Waals surface area contributed by atoms with E-state index in [9.17, 15) is 14.4 Å². The highest BCUT2D eigenvalue weighted by atomic mass is 16.6. The number of rotatable bonds is 5. The summed E-state index contributed by atoms with van der Waals surface area (Å²) < 4.78 is 24.8. The van der Waals surface area contributed by atoms with Crippen molar-refractivity contribution in [2.45, 2.75) is 83.0 Å². The number of benzene rings is 2. The average molecular weight is 561 g/mol. The molecule has 2 aliphatic carbocycles. The third kappa shape index (κ3) is 4.57. The molecule has 2 saturated carbocycles. The number of ether oxygens (including phenoxy) is 4. The van der Waals surface area contributed by atoms with Crippen molar-refractivity contribution in [3.63, 3.8) is 0 Å². The van der Waals surface area contributed by atoms with Gasteiger partial charge in [-0.3, -0.25) is 4.79 Å². The molecule has 4 aliphatic rings. The largest absolute Gasteiger partial charge is 0.463 e. The third-order valence-electron chi connectivity index (χ3n) is 11.0. The van der Waals surface area contributed by atoms with Gasteiger partial charge in [0.05, 0.1) is 23.1 Å². The van der Waals surface area contributed by atoms with Crippen molar-refractivity contribution in [2.24, 2.45) is 22.7 Å². The highest BCUT2D eigenvalue weighted by molar-refractivity contribution is 5.90. The molecule has 2 saturated heterocycles. The van der Waals surface area contributed by atoms with Gasteiger partial charge in [-0.1, -0.05) is 57.2 Å². The highest BCUT2D eigenvalue weighted by Crippen LogP contribution is 2.68. The minimum Gasteiger partial charge on any atom is -0.463 e. The molecule has 4 fully saturated rings. The predicted octanol–water partition coefficient (Wildman–Crippen LogP) is 6.16. The summed E-state index contributed by atoms with van der Waals surface area (Å²) in [7, 11) is 0. The van der Waals surface area contributed by atoms with Crippen LogP contribution in [0, 0.1) is 22.7 Å². The smallest absolute Gasteiger partial charge is 0.338 e. The van der Waals surface area contributed by atoms with E-state index in [1.54, 1.807) is 24.3 Å². The second kappa shape index (κ2) is 10.3. The molecule has 7 atom stereocenters. The van der Waals surface area contributed by atoms with Crippen LogP contribution >= 0.6 is 0 Å². The second-order valence-electron chi connectivity index (χ2n) is 13.2. The molecule has 2 aliphatic heterocycles. The Balaban J connectivity index is 1.33. The zero-order valence-corrected chi connectivity index (χ0v) is 24.2. The van der Waals surface area contributed by atoms with E-state index in [1.165, 1.54) is 0 Å². The van der Waals surface area contributed by atoms with Crippen LogP contribution in [0.3, 0.4) is 0 Å². The van der Waals surface area contributed by atoms with E-state index in [0.717, 1.165) is 32.1 Å². The molecule has 2 heterocycles. The molecule has 6 rings (SSSR count). The maximum atomic E-state index is 13.3. The van der Waals surface area contributed by atoms with Crippen LogP contribution in [-0.4, -0.2) is 48.4 Å². The summed E-state index contributed by atoms with van der Waals surface area (Å²) in [5.74, 6) is -0.592. The van der Waals surface area contributed by atoms with Crippen LogP contribution in [0.4, 0.5) is 0 Å². The minimum atomic E-state index is -0.643. The molecule has 2 spiro atoms. The number of cyclic esters (lactones) is 1.